The summed E-state index contributed by atoms with van der Waals surface area (Å²) in [6.07, 6.45) is 4.32. The third kappa shape index (κ3) is 4.29. The summed E-state index contributed by atoms with van der Waals surface area (Å²) in [7, 11) is 0. The fourth-order valence-corrected chi connectivity index (χ4v) is 2.85. The van der Waals surface area contributed by atoms with Crippen LogP contribution in [0.2, 0.25) is 0 Å². The first kappa shape index (κ1) is 16.8. The Kier molecular flexibility index (Phi) is 5.52. The first-order valence-electron chi connectivity index (χ1n) is 8.47. The Hall–Kier alpha value is -3.01. The van der Waals surface area contributed by atoms with E-state index in [4.69, 9.17) is 4.74 Å². The van der Waals surface area contributed by atoms with E-state index in [2.05, 4.69) is 9.88 Å². The number of para-hydroxylation sites is 2. The number of rotatable bonds is 7. The number of hydrogen-bond donors (Lipinski definition) is 1. The predicted molar refractivity (Wildman–Crippen MR) is 99.9 cm³/mol. The van der Waals surface area contributed by atoms with Crippen LogP contribution in [-0.2, 0) is 4.79 Å². The molecular formula is C21H22N2O2. The number of aromatic nitrogens is 1. The number of anilines is 1. The van der Waals surface area contributed by atoms with Crippen LogP contribution in [0.1, 0.15) is 24.9 Å². The minimum Gasteiger partial charge on any atom is -0.492 e. The van der Waals surface area contributed by atoms with Gasteiger partial charge in [-0.3, -0.25) is 4.79 Å². The number of amides is 1. The number of carbonyl (C=O) groups excluding carboxylic acids is 1. The van der Waals surface area contributed by atoms with Gasteiger partial charge in [0.05, 0.1) is 24.8 Å². The van der Waals surface area contributed by atoms with Crippen molar-refractivity contribution in [1.82, 2.24) is 4.57 Å². The molecule has 1 aromatic heterocycles. The van der Waals surface area contributed by atoms with E-state index in [1.165, 1.54) is 0 Å². The van der Waals surface area contributed by atoms with E-state index in [1.807, 2.05) is 86.0 Å². The fraction of sp³-hybridized carbons (Fsp3) is 0.190. The van der Waals surface area contributed by atoms with Crippen LogP contribution in [0.4, 0.5) is 5.69 Å². The Morgan fingerprint density at radius 2 is 1.68 bits per heavy atom. The van der Waals surface area contributed by atoms with E-state index < -0.39 is 0 Å². The van der Waals surface area contributed by atoms with Crippen molar-refractivity contribution in [2.24, 2.45) is 0 Å². The lowest BCUT2D eigenvalue weighted by Crippen LogP contribution is -2.20. The van der Waals surface area contributed by atoms with E-state index in [1.54, 1.807) is 0 Å². The van der Waals surface area contributed by atoms with Gasteiger partial charge in [0.25, 0.3) is 0 Å². The first-order chi connectivity index (χ1) is 12.3. The third-order valence-corrected chi connectivity index (χ3v) is 4.01. The van der Waals surface area contributed by atoms with Crippen LogP contribution in [0.25, 0.3) is 0 Å². The van der Waals surface area contributed by atoms with Gasteiger partial charge >= 0.3 is 0 Å². The molecule has 0 aliphatic rings. The average Bonchev–Trinajstić information content (AvgIpc) is 3.17. The SMILES string of the molecule is CCOc1ccccc1NC(=O)C[C@H](c1ccccc1)n1cccc1. The van der Waals surface area contributed by atoms with E-state index >= 15 is 0 Å². The third-order valence-electron chi connectivity index (χ3n) is 4.01. The zero-order valence-electron chi connectivity index (χ0n) is 14.3. The van der Waals surface area contributed by atoms with Crippen LogP contribution in [0.15, 0.2) is 79.1 Å². The fourth-order valence-electron chi connectivity index (χ4n) is 2.85. The van der Waals surface area contributed by atoms with Gasteiger partial charge in [0.1, 0.15) is 5.75 Å². The molecule has 0 fully saturated rings. The van der Waals surface area contributed by atoms with E-state index in [9.17, 15) is 4.79 Å². The van der Waals surface area contributed by atoms with Gasteiger partial charge in [-0.2, -0.15) is 0 Å². The Morgan fingerprint density at radius 3 is 2.40 bits per heavy atom. The average molecular weight is 334 g/mol. The number of benzene rings is 2. The summed E-state index contributed by atoms with van der Waals surface area (Å²) < 4.78 is 7.64. The lowest BCUT2D eigenvalue weighted by molar-refractivity contribution is -0.116. The standard InChI is InChI=1S/C21H22N2O2/c1-2-25-20-13-7-6-12-18(20)22-21(24)16-19(23-14-8-9-15-23)17-10-4-3-5-11-17/h3-15,19H,2,16H2,1H3,(H,22,24)/t19-/m1/s1. The Morgan fingerprint density at radius 1 is 1.00 bits per heavy atom. The van der Waals surface area contributed by atoms with Gasteiger partial charge in [0.15, 0.2) is 0 Å². The zero-order chi connectivity index (χ0) is 17.5. The van der Waals surface area contributed by atoms with Crippen molar-refractivity contribution in [3.8, 4) is 5.75 Å². The molecule has 3 aromatic rings. The van der Waals surface area contributed by atoms with Crippen LogP contribution in [0.5, 0.6) is 5.75 Å². The van der Waals surface area contributed by atoms with Crippen LogP contribution < -0.4 is 10.1 Å². The van der Waals surface area contributed by atoms with E-state index in [-0.39, 0.29) is 11.9 Å². The Labute approximate surface area is 148 Å². The van der Waals surface area contributed by atoms with Gasteiger partial charge in [0.2, 0.25) is 5.91 Å². The lowest BCUT2D eigenvalue weighted by atomic mass is 10.0. The van der Waals surface area contributed by atoms with Gasteiger partial charge < -0.3 is 14.6 Å². The lowest BCUT2D eigenvalue weighted by Gasteiger charge is -2.20. The Balaban J connectivity index is 1.78. The van der Waals surface area contributed by atoms with Gasteiger partial charge in [-0.05, 0) is 36.8 Å². The van der Waals surface area contributed by atoms with Crippen LogP contribution in [0.3, 0.4) is 0 Å². The molecule has 0 aliphatic heterocycles. The smallest absolute Gasteiger partial charge is 0.226 e. The minimum atomic E-state index is -0.0466. The molecule has 25 heavy (non-hydrogen) atoms. The van der Waals surface area contributed by atoms with Crippen molar-refractivity contribution in [3.05, 3.63) is 84.7 Å². The molecule has 0 aliphatic carbocycles. The summed E-state index contributed by atoms with van der Waals surface area (Å²) in [5.74, 6) is 0.644. The molecule has 2 aromatic carbocycles. The second-order valence-corrected chi connectivity index (χ2v) is 5.74. The van der Waals surface area contributed by atoms with Gasteiger partial charge in [-0.25, -0.2) is 0 Å². The maximum absolute atomic E-state index is 12.7. The van der Waals surface area contributed by atoms with Crippen molar-refractivity contribution in [3.63, 3.8) is 0 Å². The highest BCUT2D eigenvalue weighted by molar-refractivity contribution is 5.92. The molecule has 3 rings (SSSR count). The predicted octanol–water partition coefficient (Wildman–Crippen LogP) is 4.51. The van der Waals surface area contributed by atoms with Crippen molar-refractivity contribution in [2.45, 2.75) is 19.4 Å². The van der Waals surface area contributed by atoms with Crippen LogP contribution in [0, 0.1) is 0 Å². The molecule has 0 saturated heterocycles. The number of hydrogen-bond acceptors (Lipinski definition) is 2. The molecule has 0 bridgehead atoms. The molecule has 0 saturated carbocycles. The van der Waals surface area contributed by atoms with Gasteiger partial charge in [0, 0.05) is 12.4 Å². The second kappa shape index (κ2) is 8.20. The molecule has 128 valence electrons. The van der Waals surface area contributed by atoms with Crippen LogP contribution in [-0.4, -0.2) is 17.1 Å². The molecule has 0 spiro atoms. The maximum Gasteiger partial charge on any atom is 0.226 e. The van der Waals surface area contributed by atoms with Crippen molar-refractivity contribution >= 4 is 11.6 Å². The van der Waals surface area contributed by atoms with Gasteiger partial charge in [-0.15, -0.1) is 0 Å². The number of nitrogens with zero attached hydrogens (tertiary/aromatic N) is 1. The molecule has 0 unspecified atom stereocenters. The summed E-state index contributed by atoms with van der Waals surface area (Å²) >= 11 is 0. The molecule has 1 atom stereocenters. The quantitative estimate of drug-likeness (QED) is 0.691. The van der Waals surface area contributed by atoms with Crippen molar-refractivity contribution in [1.29, 1.82) is 0 Å². The summed E-state index contributed by atoms with van der Waals surface area (Å²) in [5.41, 5.74) is 1.81. The molecule has 4 nitrogen and oxygen atoms in total. The number of ether oxygens (including phenoxy) is 1. The Bertz CT molecular complexity index is 798. The van der Waals surface area contributed by atoms with Crippen molar-refractivity contribution in [2.75, 3.05) is 11.9 Å². The monoisotopic (exact) mass is 334 g/mol. The maximum atomic E-state index is 12.7. The van der Waals surface area contributed by atoms with Crippen LogP contribution >= 0.6 is 0 Å². The largest absolute Gasteiger partial charge is 0.492 e. The molecule has 1 heterocycles. The summed E-state index contributed by atoms with van der Waals surface area (Å²) in [4.78, 5) is 12.7. The number of carbonyl (C=O) groups is 1. The highest BCUT2D eigenvalue weighted by atomic mass is 16.5. The van der Waals surface area contributed by atoms with E-state index in [0.717, 1.165) is 5.56 Å². The topological polar surface area (TPSA) is 43.3 Å². The summed E-state index contributed by atoms with van der Waals surface area (Å²) in [6, 6.07) is 21.5. The zero-order valence-corrected chi connectivity index (χ0v) is 14.3. The first-order valence-corrected chi connectivity index (χ1v) is 8.47. The van der Waals surface area contributed by atoms with E-state index in [0.29, 0.717) is 24.5 Å². The molecule has 0 radical (unpaired) electrons. The molecular weight excluding hydrogens is 312 g/mol. The molecule has 1 amide bonds. The molecule has 1 N–H and O–H groups in total. The highest BCUT2D eigenvalue weighted by Crippen LogP contribution is 2.26. The summed E-state index contributed by atoms with van der Waals surface area (Å²) in [5, 5.41) is 2.98. The minimum absolute atomic E-state index is 0.0459. The van der Waals surface area contributed by atoms with Gasteiger partial charge in [-0.1, -0.05) is 42.5 Å². The van der Waals surface area contributed by atoms with Crippen molar-refractivity contribution < 1.29 is 9.53 Å². The normalized spacial score (nSPS) is 11.7. The summed E-state index contributed by atoms with van der Waals surface area (Å²) in [6.45, 7) is 2.49. The second-order valence-electron chi connectivity index (χ2n) is 5.74. The highest BCUT2D eigenvalue weighted by Gasteiger charge is 2.18. The number of nitrogens with one attached hydrogen (secondary N) is 1. The molecule has 4 heteroatoms.